The van der Waals surface area contributed by atoms with Gasteiger partial charge in [0.2, 0.25) is 5.91 Å². The van der Waals surface area contributed by atoms with E-state index in [1.165, 1.54) is 30.2 Å². The third-order valence-electron chi connectivity index (χ3n) is 5.10. The average molecular weight is 482 g/mol. The first-order valence-corrected chi connectivity index (χ1v) is 11.9. The van der Waals surface area contributed by atoms with Crippen LogP contribution in [0.5, 0.6) is 11.5 Å². The van der Waals surface area contributed by atoms with Gasteiger partial charge in [-0.1, -0.05) is 42.1 Å². The first kappa shape index (κ1) is 22.9. The number of nitrogens with zero attached hydrogens (tertiary/aromatic N) is 1. The van der Waals surface area contributed by atoms with Gasteiger partial charge < -0.3 is 19.8 Å². The van der Waals surface area contributed by atoms with Crippen LogP contribution in [-0.4, -0.2) is 35.3 Å². The lowest BCUT2D eigenvalue weighted by atomic mass is 10.0. The van der Waals surface area contributed by atoms with Crippen LogP contribution in [0.4, 0.5) is 5.69 Å². The number of anilines is 1. The van der Waals surface area contributed by atoms with Crippen LogP contribution in [0.25, 0.3) is 21.3 Å². The van der Waals surface area contributed by atoms with Gasteiger partial charge in [-0.05, 0) is 31.5 Å². The summed E-state index contributed by atoms with van der Waals surface area (Å²) >= 11 is 2.66. The monoisotopic (exact) mass is 481 g/mol. The minimum absolute atomic E-state index is 0.215. The maximum atomic E-state index is 13.0. The Labute approximate surface area is 199 Å². The van der Waals surface area contributed by atoms with Gasteiger partial charge in [0.05, 0.1) is 30.5 Å². The van der Waals surface area contributed by atoms with Gasteiger partial charge in [-0.3, -0.25) is 9.59 Å². The molecule has 2 aromatic carbocycles. The maximum absolute atomic E-state index is 13.0. The molecule has 1 atom stereocenters. The van der Waals surface area contributed by atoms with Gasteiger partial charge in [-0.15, -0.1) is 11.3 Å². The van der Waals surface area contributed by atoms with E-state index in [0.717, 1.165) is 16.0 Å². The highest BCUT2D eigenvalue weighted by Gasteiger charge is 2.21. The van der Waals surface area contributed by atoms with Crippen molar-refractivity contribution < 1.29 is 14.3 Å². The number of carbonyl (C=O) groups excluding carboxylic acids is 1. The topological polar surface area (TPSA) is 93.3 Å². The molecule has 2 aromatic heterocycles. The Morgan fingerprint density at radius 2 is 1.91 bits per heavy atom. The third kappa shape index (κ3) is 4.74. The van der Waals surface area contributed by atoms with Crippen molar-refractivity contribution in [3.63, 3.8) is 0 Å². The molecule has 33 heavy (non-hydrogen) atoms. The molecule has 0 fully saturated rings. The van der Waals surface area contributed by atoms with E-state index in [9.17, 15) is 9.59 Å². The number of methoxy groups -OCH3 is 2. The quantitative estimate of drug-likeness (QED) is 0.282. The van der Waals surface area contributed by atoms with E-state index >= 15 is 0 Å². The number of hydrogen-bond acceptors (Lipinski definition) is 7. The summed E-state index contributed by atoms with van der Waals surface area (Å²) in [7, 11) is 3.09. The minimum atomic E-state index is -0.517. The first-order valence-electron chi connectivity index (χ1n) is 10.2. The zero-order valence-corrected chi connectivity index (χ0v) is 20.2. The summed E-state index contributed by atoms with van der Waals surface area (Å²) < 4.78 is 10.6. The molecule has 0 aliphatic rings. The molecule has 0 saturated carbocycles. The van der Waals surface area contributed by atoms with Crippen molar-refractivity contribution in [1.82, 2.24) is 9.97 Å². The van der Waals surface area contributed by atoms with Crippen LogP contribution in [0, 0.1) is 6.92 Å². The zero-order valence-electron chi connectivity index (χ0n) is 18.6. The second-order valence-electron chi connectivity index (χ2n) is 7.27. The number of aryl methyl sites for hydroxylation is 1. The van der Waals surface area contributed by atoms with Gasteiger partial charge in [0.1, 0.15) is 16.3 Å². The third-order valence-corrected chi connectivity index (χ3v) is 7.08. The molecule has 0 radical (unpaired) electrons. The van der Waals surface area contributed by atoms with Crippen molar-refractivity contribution in [1.29, 1.82) is 0 Å². The number of fused-ring (bicyclic) bond motifs is 1. The zero-order chi connectivity index (χ0) is 23.5. The SMILES string of the molecule is COc1ccc(OC)c(NC(=O)C(C)Sc2nc3sc(C)c(-c4ccccc4)c3c(=O)[nH]2)c1. The number of aromatic amines is 1. The number of aromatic nitrogens is 2. The second kappa shape index (κ2) is 9.68. The number of nitrogens with one attached hydrogen (secondary N) is 2. The molecule has 1 amide bonds. The molecule has 0 aliphatic heterocycles. The van der Waals surface area contributed by atoms with E-state index in [4.69, 9.17) is 9.47 Å². The molecule has 0 spiro atoms. The fraction of sp³-hybridized carbons (Fsp3) is 0.208. The largest absolute Gasteiger partial charge is 0.497 e. The molecule has 7 nitrogen and oxygen atoms in total. The summed E-state index contributed by atoms with van der Waals surface area (Å²) in [5.41, 5.74) is 2.17. The molecule has 2 N–H and O–H groups in total. The van der Waals surface area contributed by atoms with Gasteiger partial charge >= 0.3 is 0 Å². The predicted molar refractivity (Wildman–Crippen MR) is 134 cm³/mol. The number of thiophene rings is 1. The number of amides is 1. The number of H-pyrrole nitrogens is 1. The van der Waals surface area contributed by atoms with Crippen LogP contribution in [0.1, 0.15) is 11.8 Å². The van der Waals surface area contributed by atoms with Crippen molar-refractivity contribution in [3.05, 3.63) is 63.8 Å². The number of rotatable bonds is 7. The summed E-state index contributed by atoms with van der Waals surface area (Å²) in [6, 6.07) is 15.0. The van der Waals surface area contributed by atoms with E-state index in [1.807, 2.05) is 37.3 Å². The lowest BCUT2D eigenvalue weighted by molar-refractivity contribution is -0.115. The maximum Gasteiger partial charge on any atom is 0.260 e. The van der Waals surface area contributed by atoms with Gasteiger partial charge in [-0.25, -0.2) is 4.98 Å². The van der Waals surface area contributed by atoms with E-state index in [-0.39, 0.29) is 11.5 Å². The van der Waals surface area contributed by atoms with E-state index in [1.54, 1.807) is 32.2 Å². The highest BCUT2D eigenvalue weighted by molar-refractivity contribution is 8.00. The van der Waals surface area contributed by atoms with Gasteiger partial charge in [0, 0.05) is 16.5 Å². The van der Waals surface area contributed by atoms with Crippen molar-refractivity contribution in [3.8, 4) is 22.6 Å². The fourth-order valence-electron chi connectivity index (χ4n) is 3.47. The molecule has 0 saturated heterocycles. The number of benzene rings is 2. The summed E-state index contributed by atoms with van der Waals surface area (Å²) in [5, 5.41) is 3.32. The Morgan fingerprint density at radius 3 is 2.61 bits per heavy atom. The highest BCUT2D eigenvalue weighted by atomic mass is 32.2. The molecule has 2 heterocycles. The normalized spacial score (nSPS) is 11.9. The summed E-state index contributed by atoms with van der Waals surface area (Å²) in [5.74, 6) is 0.878. The summed E-state index contributed by atoms with van der Waals surface area (Å²) in [4.78, 5) is 35.0. The standard InChI is InChI=1S/C24H23N3O4S2/c1-13-19(15-8-6-5-7-9-15)20-22(29)26-24(27-23(20)32-13)33-14(2)21(28)25-17-12-16(30-3)10-11-18(17)31-4/h5-12,14H,1-4H3,(H,25,28)(H,26,27,29). The molecule has 4 rings (SSSR count). The van der Waals surface area contributed by atoms with Crippen molar-refractivity contribution >= 4 is 44.9 Å². The molecule has 0 aliphatic carbocycles. The molecule has 170 valence electrons. The summed E-state index contributed by atoms with van der Waals surface area (Å²) in [6.45, 7) is 3.74. The number of ether oxygens (including phenoxy) is 2. The lowest BCUT2D eigenvalue weighted by Gasteiger charge is -2.14. The van der Waals surface area contributed by atoms with Gasteiger partial charge in [-0.2, -0.15) is 0 Å². The van der Waals surface area contributed by atoms with Crippen molar-refractivity contribution in [2.24, 2.45) is 0 Å². The molecular formula is C24H23N3O4S2. The van der Waals surface area contributed by atoms with E-state index in [2.05, 4.69) is 15.3 Å². The number of hydrogen-bond donors (Lipinski definition) is 2. The van der Waals surface area contributed by atoms with E-state index in [0.29, 0.717) is 32.6 Å². The van der Waals surface area contributed by atoms with Crippen LogP contribution < -0.4 is 20.3 Å². The average Bonchev–Trinajstić information content (AvgIpc) is 3.15. The van der Waals surface area contributed by atoms with Gasteiger partial charge in [0.25, 0.3) is 5.56 Å². The van der Waals surface area contributed by atoms with Crippen LogP contribution >= 0.6 is 23.1 Å². The molecule has 0 bridgehead atoms. The Morgan fingerprint density at radius 1 is 1.15 bits per heavy atom. The Kier molecular flexibility index (Phi) is 6.71. The first-order chi connectivity index (χ1) is 15.9. The molecular weight excluding hydrogens is 458 g/mol. The van der Waals surface area contributed by atoms with Gasteiger partial charge in [0.15, 0.2) is 5.16 Å². The number of carbonyl (C=O) groups is 1. The Bertz CT molecular complexity index is 1370. The Balaban J connectivity index is 1.58. The molecule has 4 aromatic rings. The van der Waals surface area contributed by atoms with Crippen LogP contribution in [0.2, 0.25) is 0 Å². The fourth-order valence-corrected chi connectivity index (χ4v) is 5.37. The summed E-state index contributed by atoms with van der Waals surface area (Å²) in [6.07, 6.45) is 0. The smallest absolute Gasteiger partial charge is 0.260 e. The number of thioether (sulfide) groups is 1. The Hall–Kier alpha value is -3.30. The van der Waals surface area contributed by atoms with Crippen molar-refractivity contribution in [2.75, 3.05) is 19.5 Å². The van der Waals surface area contributed by atoms with Crippen LogP contribution in [0.3, 0.4) is 0 Å². The molecule has 1 unspecified atom stereocenters. The van der Waals surface area contributed by atoms with E-state index < -0.39 is 5.25 Å². The van der Waals surface area contributed by atoms with Crippen molar-refractivity contribution in [2.45, 2.75) is 24.3 Å². The minimum Gasteiger partial charge on any atom is -0.497 e. The highest BCUT2D eigenvalue weighted by Crippen LogP contribution is 2.36. The second-order valence-corrected chi connectivity index (χ2v) is 9.80. The molecule has 9 heteroatoms. The van der Waals surface area contributed by atoms with Crippen LogP contribution in [0.15, 0.2) is 58.5 Å². The predicted octanol–water partition coefficient (Wildman–Crippen LogP) is 5.10. The van der Waals surface area contributed by atoms with Crippen LogP contribution in [-0.2, 0) is 4.79 Å². The lowest BCUT2D eigenvalue weighted by Crippen LogP contribution is -2.23.